The zero-order chi connectivity index (χ0) is 14.9. The van der Waals surface area contributed by atoms with Gasteiger partial charge in [0.25, 0.3) is 0 Å². The first-order valence-corrected chi connectivity index (χ1v) is 7.03. The lowest BCUT2D eigenvalue weighted by Gasteiger charge is -2.18. The van der Waals surface area contributed by atoms with Gasteiger partial charge in [-0.15, -0.1) is 0 Å². The van der Waals surface area contributed by atoms with Gasteiger partial charge in [0.05, 0.1) is 28.6 Å². The van der Waals surface area contributed by atoms with Gasteiger partial charge in [-0.05, 0) is 32.8 Å². The molecule has 6 nitrogen and oxygen atoms in total. The molecule has 110 valence electrons. The largest absolute Gasteiger partial charge is 0.272 e. The Morgan fingerprint density at radius 3 is 2.65 bits per heavy atom. The van der Waals surface area contributed by atoms with Crippen molar-refractivity contribution in [3.05, 3.63) is 33.9 Å². The molecule has 1 unspecified atom stereocenters. The zero-order valence-electron chi connectivity index (χ0n) is 12.3. The summed E-state index contributed by atoms with van der Waals surface area (Å²) in [5.74, 6) is 5.73. The van der Waals surface area contributed by atoms with Gasteiger partial charge in [0.2, 0.25) is 0 Å². The quantitative estimate of drug-likeness (QED) is 0.650. The Morgan fingerprint density at radius 1 is 1.45 bits per heavy atom. The van der Waals surface area contributed by atoms with Crippen molar-refractivity contribution in [2.24, 2.45) is 12.9 Å². The number of aryl methyl sites for hydroxylation is 3. The molecule has 0 spiro atoms. The zero-order valence-corrected chi connectivity index (χ0v) is 13.1. The monoisotopic (exact) mass is 296 g/mol. The molecule has 0 radical (unpaired) electrons. The third kappa shape index (κ3) is 2.59. The van der Waals surface area contributed by atoms with E-state index in [9.17, 15) is 0 Å². The highest BCUT2D eigenvalue weighted by atomic mass is 35.5. The molecule has 20 heavy (non-hydrogen) atoms. The fourth-order valence-electron chi connectivity index (χ4n) is 2.52. The highest BCUT2D eigenvalue weighted by molar-refractivity contribution is 6.31. The molecule has 3 N–H and O–H groups in total. The van der Waals surface area contributed by atoms with Crippen LogP contribution in [0.5, 0.6) is 0 Å². The van der Waals surface area contributed by atoms with Crippen LogP contribution in [-0.4, -0.2) is 19.6 Å². The Kier molecular flexibility index (Phi) is 4.47. The molecule has 0 aliphatic heterocycles. The number of hydrogen-bond acceptors (Lipinski definition) is 4. The predicted octanol–water partition coefficient (Wildman–Crippen LogP) is 1.65. The van der Waals surface area contributed by atoms with Gasteiger partial charge < -0.3 is 0 Å². The van der Waals surface area contributed by atoms with Gasteiger partial charge >= 0.3 is 0 Å². The van der Waals surface area contributed by atoms with E-state index >= 15 is 0 Å². The summed E-state index contributed by atoms with van der Waals surface area (Å²) in [7, 11) is 1.94. The van der Waals surface area contributed by atoms with Crippen LogP contribution in [0, 0.1) is 13.8 Å². The smallest absolute Gasteiger partial charge is 0.0834 e. The molecule has 0 saturated heterocycles. The Hall–Kier alpha value is -1.37. The van der Waals surface area contributed by atoms with Crippen molar-refractivity contribution in [1.82, 2.24) is 25.0 Å². The number of halogens is 1. The second kappa shape index (κ2) is 5.95. The summed E-state index contributed by atoms with van der Waals surface area (Å²) < 4.78 is 3.75. The number of hydrogen-bond donors (Lipinski definition) is 2. The van der Waals surface area contributed by atoms with Crippen molar-refractivity contribution in [3.63, 3.8) is 0 Å². The van der Waals surface area contributed by atoms with Crippen LogP contribution in [0.4, 0.5) is 0 Å². The molecule has 0 aromatic carbocycles. The molecule has 0 aliphatic rings. The van der Waals surface area contributed by atoms with Crippen LogP contribution in [-0.2, 0) is 20.0 Å². The number of aromatic nitrogens is 4. The summed E-state index contributed by atoms with van der Waals surface area (Å²) in [6.07, 6.45) is 2.39. The van der Waals surface area contributed by atoms with Crippen LogP contribution in [0.1, 0.15) is 35.6 Å². The molecule has 2 aromatic rings. The summed E-state index contributed by atoms with van der Waals surface area (Å²) in [6, 6.07) is -0.0912. The Balaban J connectivity index is 2.36. The van der Waals surface area contributed by atoms with Crippen LogP contribution in [0.15, 0.2) is 6.20 Å². The highest BCUT2D eigenvalue weighted by Crippen LogP contribution is 2.27. The maximum Gasteiger partial charge on any atom is 0.0834 e. The molecular formula is C13H21ClN6. The number of nitrogens with zero attached hydrogens (tertiary/aromatic N) is 4. The summed E-state index contributed by atoms with van der Waals surface area (Å²) in [4.78, 5) is 0. The van der Waals surface area contributed by atoms with Crippen molar-refractivity contribution in [2.45, 2.75) is 39.8 Å². The topological polar surface area (TPSA) is 73.7 Å². The van der Waals surface area contributed by atoms with Crippen molar-refractivity contribution in [3.8, 4) is 0 Å². The molecule has 2 heterocycles. The van der Waals surface area contributed by atoms with Crippen LogP contribution in [0.3, 0.4) is 0 Å². The predicted molar refractivity (Wildman–Crippen MR) is 79.4 cm³/mol. The summed E-state index contributed by atoms with van der Waals surface area (Å²) in [5.41, 5.74) is 7.11. The maximum absolute atomic E-state index is 6.25. The lowest BCUT2D eigenvalue weighted by molar-refractivity contribution is 0.489. The first-order chi connectivity index (χ1) is 9.49. The lowest BCUT2D eigenvalue weighted by atomic mass is 10.0. The van der Waals surface area contributed by atoms with E-state index in [0.717, 1.165) is 30.0 Å². The summed E-state index contributed by atoms with van der Waals surface area (Å²) >= 11 is 6.25. The van der Waals surface area contributed by atoms with Crippen LogP contribution in [0.25, 0.3) is 0 Å². The van der Waals surface area contributed by atoms with E-state index in [4.69, 9.17) is 17.4 Å². The summed E-state index contributed by atoms with van der Waals surface area (Å²) in [6.45, 7) is 6.85. The minimum atomic E-state index is -0.0912. The normalized spacial score (nSPS) is 12.9. The molecule has 0 bridgehead atoms. The van der Waals surface area contributed by atoms with Crippen molar-refractivity contribution >= 4 is 11.6 Å². The second-order valence-electron chi connectivity index (χ2n) is 4.89. The summed E-state index contributed by atoms with van der Waals surface area (Å²) in [5, 5.41) is 9.33. The van der Waals surface area contributed by atoms with Gasteiger partial charge in [0, 0.05) is 19.3 Å². The minimum absolute atomic E-state index is 0.0912. The van der Waals surface area contributed by atoms with E-state index < -0.39 is 0 Å². The van der Waals surface area contributed by atoms with E-state index in [1.807, 2.05) is 30.3 Å². The number of hydrazine groups is 1. The molecule has 7 heteroatoms. The van der Waals surface area contributed by atoms with Gasteiger partial charge in [0.1, 0.15) is 0 Å². The van der Waals surface area contributed by atoms with Crippen molar-refractivity contribution < 1.29 is 0 Å². The molecule has 1 atom stereocenters. The van der Waals surface area contributed by atoms with Gasteiger partial charge in [-0.25, -0.2) is 0 Å². The number of rotatable bonds is 5. The van der Waals surface area contributed by atoms with Gasteiger partial charge in [-0.2, -0.15) is 10.2 Å². The number of nitrogens with one attached hydrogen (secondary N) is 1. The van der Waals surface area contributed by atoms with E-state index in [2.05, 4.69) is 22.5 Å². The number of nitrogens with two attached hydrogens (primary N) is 1. The SMILES string of the molecule is CCn1ncc(Cl)c1C(Cc1c(C)nn(C)c1C)NN. The molecule has 0 saturated carbocycles. The van der Waals surface area contributed by atoms with Crippen molar-refractivity contribution in [1.29, 1.82) is 0 Å². The fraction of sp³-hybridized carbons (Fsp3) is 0.538. The molecule has 0 fully saturated rings. The van der Waals surface area contributed by atoms with Crippen LogP contribution >= 0.6 is 11.6 Å². The van der Waals surface area contributed by atoms with Crippen molar-refractivity contribution in [2.75, 3.05) is 0 Å². The minimum Gasteiger partial charge on any atom is -0.272 e. The Bertz CT molecular complexity index is 600. The van der Waals surface area contributed by atoms with E-state index in [1.165, 1.54) is 5.56 Å². The lowest BCUT2D eigenvalue weighted by Crippen LogP contribution is -2.32. The second-order valence-corrected chi connectivity index (χ2v) is 5.30. The first kappa shape index (κ1) is 15.0. The standard InChI is InChI=1S/C13H21ClN6/c1-5-20-13(11(14)7-16-20)12(17-15)6-10-8(2)18-19(4)9(10)3/h7,12,17H,5-6,15H2,1-4H3. The van der Waals surface area contributed by atoms with E-state index in [-0.39, 0.29) is 6.04 Å². The Labute approximate surface area is 123 Å². The average molecular weight is 297 g/mol. The van der Waals surface area contributed by atoms with E-state index in [0.29, 0.717) is 5.02 Å². The average Bonchev–Trinajstić information content (AvgIpc) is 2.90. The first-order valence-electron chi connectivity index (χ1n) is 6.66. The molecule has 2 aromatic heterocycles. The maximum atomic E-state index is 6.25. The molecule has 0 amide bonds. The van der Waals surface area contributed by atoms with Gasteiger partial charge in [-0.3, -0.25) is 20.6 Å². The fourth-order valence-corrected chi connectivity index (χ4v) is 2.79. The Morgan fingerprint density at radius 2 is 2.15 bits per heavy atom. The molecule has 2 rings (SSSR count). The highest BCUT2D eigenvalue weighted by Gasteiger charge is 2.22. The molecule has 0 aliphatic carbocycles. The third-order valence-electron chi connectivity index (χ3n) is 3.73. The van der Waals surface area contributed by atoms with Crippen LogP contribution in [0.2, 0.25) is 5.02 Å². The van der Waals surface area contributed by atoms with Gasteiger partial charge in [-0.1, -0.05) is 11.6 Å². The van der Waals surface area contributed by atoms with E-state index in [1.54, 1.807) is 6.20 Å². The molecular weight excluding hydrogens is 276 g/mol. The van der Waals surface area contributed by atoms with Gasteiger partial charge in [0.15, 0.2) is 0 Å². The van der Waals surface area contributed by atoms with Crippen LogP contribution < -0.4 is 11.3 Å². The third-order valence-corrected chi connectivity index (χ3v) is 4.02.